The Morgan fingerprint density at radius 2 is 2.12 bits per heavy atom. The zero-order chi connectivity index (χ0) is 18.7. The van der Waals surface area contributed by atoms with Gasteiger partial charge in [0, 0.05) is 64.9 Å². The molecule has 7 nitrogen and oxygen atoms in total. The van der Waals surface area contributed by atoms with Crippen LogP contribution >= 0.6 is 35.3 Å². The van der Waals surface area contributed by atoms with Gasteiger partial charge in [0.25, 0.3) is 0 Å². The second-order valence-corrected chi connectivity index (χ2v) is 7.26. The largest absolute Gasteiger partial charge is 0.382 e. The lowest BCUT2D eigenvalue weighted by Crippen LogP contribution is -2.41. The van der Waals surface area contributed by atoms with Gasteiger partial charge >= 0.3 is 0 Å². The molecule has 0 bridgehead atoms. The summed E-state index contributed by atoms with van der Waals surface area (Å²) in [6.07, 6.45) is 3.65. The number of aromatic nitrogens is 1. The van der Waals surface area contributed by atoms with Crippen LogP contribution in [-0.4, -0.2) is 80.6 Å². The van der Waals surface area contributed by atoms with E-state index in [1.165, 1.54) is 4.88 Å². The van der Waals surface area contributed by atoms with E-state index in [2.05, 4.69) is 22.2 Å². The molecule has 0 saturated carbocycles. The number of nitrogens with one attached hydrogen (secondary N) is 1. The van der Waals surface area contributed by atoms with Gasteiger partial charge in [0.05, 0.1) is 5.01 Å². The highest BCUT2D eigenvalue weighted by molar-refractivity contribution is 14.0. The number of hydrogen-bond donors (Lipinski definition) is 1. The van der Waals surface area contributed by atoms with Gasteiger partial charge in [-0.3, -0.25) is 4.79 Å². The molecule has 0 fully saturated rings. The number of aryl methyl sites for hydroxylation is 1. The summed E-state index contributed by atoms with van der Waals surface area (Å²) < 4.78 is 5.35. The van der Waals surface area contributed by atoms with Crippen LogP contribution < -0.4 is 5.32 Å². The van der Waals surface area contributed by atoms with E-state index in [0.29, 0.717) is 0 Å². The number of carbonyl (C=O) groups is 1. The van der Waals surface area contributed by atoms with Crippen molar-refractivity contribution in [3.05, 3.63) is 16.1 Å². The third-order valence-corrected chi connectivity index (χ3v) is 4.48. The summed E-state index contributed by atoms with van der Waals surface area (Å²) in [4.78, 5) is 25.5. The predicted molar refractivity (Wildman–Crippen MR) is 119 cm³/mol. The Kier molecular flexibility index (Phi) is 13.6. The maximum Gasteiger partial charge on any atom is 0.243 e. The Morgan fingerprint density at radius 3 is 2.69 bits per heavy atom. The van der Waals surface area contributed by atoms with Crippen LogP contribution in [0.5, 0.6) is 0 Å². The van der Waals surface area contributed by atoms with E-state index in [1.807, 2.05) is 25.1 Å². The summed E-state index contributed by atoms with van der Waals surface area (Å²) in [5, 5.41) is 4.44. The molecule has 0 radical (unpaired) electrons. The highest BCUT2D eigenvalue weighted by atomic mass is 127. The first-order valence-corrected chi connectivity index (χ1v) is 9.44. The Labute approximate surface area is 178 Å². The second kappa shape index (κ2) is 14.2. The minimum atomic E-state index is -0.0161. The minimum Gasteiger partial charge on any atom is -0.382 e. The average Bonchev–Trinajstić information content (AvgIpc) is 3.00. The van der Waals surface area contributed by atoms with E-state index in [4.69, 9.17) is 4.74 Å². The number of amides is 1. The lowest BCUT2D eigenvalue weighted by Gasteiger charge is -2.22. The van der Waals surface area contributed by atoms with Crippen molar-refractivity contribution in [1.82, 2.24) is 20.1 Å². The molecule has 0 spiro atoms. The molecule has 0 aliphatic carbocycles. The zero-order valence-corrected chi connectivity index (χ0v) is 19.6. The van der Waals surface area contributed by atoms with Crippen molar-refractivity contribution in [3.8, 4) is 0 Å². The molecule has 1 aromatic heterocycles. The smallest absolute Gasteiger partial charge is 0.243 e. The summed E-state index contributed by atoms with van der Waals surface area (Å²) in [7, 11) is 5.46. The Morgan fingerprint density at radius 1 is 1.38 bits per heavy atom. The summed E-state index contributed by atoms with van der Waals surface area (Å²) >= 11 is 1.72. The monoisotopic (exact) mass is 497 g/mol. The molecule has 1 heterocycles. The molecule has 0 aliphatic rings. The number of ether oxygens (including phenoxy) is 1. The quantitative estimate of drug-likeness (QED) is 0.232. The summed E-state index contributed by atoms with van der Waals surface area (Å²) in [5.41, 5.74) is 0. The van der Waals surface area contributed by atoms with Gasteiger partial charge in [-0.15, -0.1) is 35.3 Å². The third-order valence-electron chi connectivity index (χ3n) is 3.51. The van der Waals surface area contributed by atoms with Gasteiger partial charge < -0.3 is 19.9 Å². The first-order chi connectivity index (χ1) is 11.9. The normalized spacial score (nSPS) is 11.0. The molecular weight excluding hydrogens is 465 g/mol. The fourth-order valence-corrected chi connectivity index (χ4v) is 2.78. The van der Waals surface area contributed by atoms with Crippen LogP contribution in [0.4, 0.5) is 0 Å². The molecule has 1 aromatic rings. The lowest BCUT2D eigenvalue weighted by molar-refractivity contribution is -0.127. The van der Waals surface area contributed by atoms with Gasteiger partial charge in [-0.2, -0.15) is 0 Å². The van der Waals surface area contributed by atoms with Crippen molar-refractivity contribution < 1.29 is 9.53 Å². The summed E-state index contributed by atoms with van der Waals surface area (Å²) in [6.45, 7) is 7.18. The van der Waals surface area contributed by atoms with Crippen LogP contribution in [0, 0.1) is 6.92 Å². The van der Waals surface area contributed by atoms with Crippen molar-refractivity contribution >= 4 is 47.2 Å². The molecule has 1 amide bonds. The molecule has 9 heteroatoms. The van der Waals surface area contributed by atoms with Crippen molar-refractivity contribution in [1.29, 1.82) is 0 Å². The van der Waals surface area contributed by atoms with Crippen LogP contribution in [0.3, 0.4) is 0 Å². The van der Waals surface area contributed by atoms with Crippen molar-refractivity contribution in [2.45, 2.75) is 26.7 Å². The number of carbonyl (C=O) groups excluding carboxylic acids is 1. The van der Waals surface area contributed by atoms with Crippen molar-refractivity contribution in [3.63, 3.8) is 0 Å². The van der Waals surface area contributed by atoms with Gasteiger partial charge in [-0.25, -0.2) is 9.98 Å². The summed E-state index contributed by atoms with van der Waals surface area (Å²) in [5.74, 6) is 0.720. The van der Waals surface area contributed by atoms with Gasteiger partial charge in [0.15, 0.2) is 5.96 Å². The van der Waals surface area contributed by atoms with Crippen molar-refractivity contribution in [2.24, 2.45) is 4.99 Å². The molecule has 0 aromatic carbocycles. The first-order valence-electron chi connectivity index (χ1n) is 8.62. The van der Waals surface area contributed by atoms with E-state index in [-0.39, 0.29) is 36.4 Å². The number of thiazole rings is 1. The number of rotatable bonds is 10. The number of nitrogens with zero attached hydrogens (tertiary/aromatic N) is 4. The van der Waals surface area contributed by atoms with E-state index in [0.717, 1.165) is 50.1 Å². The Balaban J connectivity index is 0.00000625. The molecule has 0 atom stereocenters. The maximum atomic E-state index is 11.8. The van der Waals surface area contributed by atoms with Crippen LogP contribution in [-0.2, 0) is 16.0 Å². The van der Waals surface area contributed by atoms with Crippen LogP contribution in [0.15, 0.2) is 11.2 Å². The molecule has 0 saturated heterocycles. The number of aliphatic imine (C=N–C) groups is 1. The zero-order valence-electron chi connectivity index (χ0n) is 16.4. The molecule has 150 valence electrons. The number of hydrogen-bond acceptors (Lipinski definition) is 5. The minimum absolute atomic E-state index is 0. The number of likely N-dealkylation sites (N-methyl/N-ethyl adjacent to an activating group) is 2. The topological polar surface area (TPSA) is 70.1 Å². The lowest BCUT2D eigenvalue weighted by atomic mass is 10.4. The number of halogens is 1. The first kappa shape index (κ1) is 25.1. The maximum absolute atomic E-state index is 11.8. The standard InChI is InChI=1S/C17H31N5O2S.HI/c1-6-24-11-7-9-18-17(20-13-16(23)21(3)4)22(5)10-8-15-19-12-14(2)25-15;/h12H,6-11,13H2,1-5H3,(H,18,20);1H. The third kappa shape index (κ3) is 10.3. The van der Waals surface area contributed by atoms with E-state index < -0.39 is 0 Å². The molecule has 1 N–H and O–H groups in total. The predicted octanol–water partition coefficient (Wildman–Crippen LogP) is 2.00. The van der Waals surface area contributed by atoms with Gasteiger partial charge in [0.2, 0.25) is 5.91 Å². The molecule has 0 unspecified atom stereocenters. The second-order valence-electron chi connectivity index (χ2n) is 5.94. The highest BCUT2D eigenvalue weighted by Crippen LogP contribution is 2.11. The van der Waals surface area contributed by atoms with Gasteiger partial charge in [0.1, 0.15) is 6.54 Å². The van der Waals surface area contributed by atoms with E-state index in [1.54, 1.807) is 30.3 Å². The fraction of sp³-hybridized carbons (Fsp3) is 0.706. The molecular formula is C17H32IN5O2S. The van der Waals surface area contributed by atoms with Gasteiger partial charge in [-0.1, -0.05) is 0 Å². The average molecular weight is 497 g/mol. The molecule has 0 aliphatic heterocycles. The SMILES string of the molecule is CCOCCCNC(=NCC(=O)N(C)C)N(C)CCc1ncc(C)s1.I. The Hall–Kier alpha value is -0.940. The van der Waals surface area contributed by atoms with E-state index in [9.17, 15) is 4.79 Å². The van der Waals surface area contributed by atoms with Gasteiger partial charge in [-0.05, 0) is 20.3 Å². The van der Waals surface area contributed by atoms with Crippen LogP contribution in [0.1, 0.15) is 23.2 Å². The highest BCUT2D eigenvalue weighted by Gasteiger charge is 2.10. The fourth-order valence-electron chi connectivity index (χ4n) is 2.00. The Bertz CT molecular complexity index is 551. The molecule has 1 rings (SSSR count). The number of guanidine groups is 1. The van der Waals surface area contributed by atoms with E-state index >= 15 is 0 Å². The van der Waals surface area contributed by atoms with Crippen molar-refractivity contribution in [2.75, 3.05) is 54.0 Å². The van der Waals surface area contributed by atoms with Crippen LogP contribution in [0.2, 0.25) is 0 Å². The molecule has 26 heavy (non-hydrogen) atoms. The van der Waals surface area contributed by atoms with Crippen LogP contribution in [0.25, 0.3) is 0 Å². The summed E-state index contributed by atoms with van der Waals surface area (Å²) in [6, 6.07) is 0.